The van der Waals surface area contributed by atoms with Gasteiger partial charge in [-0.1, -0.05) is 0 Å². The van der Waals surface area contributed by atoms with Crippen LogP contribution in [-0.2, 0) is 0 Å². The first kappa shape index (κ1) is 11.4. The number of aromatic hydroxyl groups is 1. The van der Waals surface area contributed by atoms with Crippen molar-refractivity contribution in [3.05, 3.63) is 36.2 Å². The molecule has 1 aromatic carbocycles. The molecular weight excluding hydrogens is 244 g/mol. The lowest BCUT2D eigenvalue weighted by Gasteiger charge is -2.09. The van der Waals surface area contributed by atoms with Gasteiger partial charge in [-0.3, -0.25) is 9.78 Å². The number of carbonyl (C=O) groups excluding carboxylic acids is 1. The van der Waals surface area contributed by atoms with E-state index in [4.69, 9.17) is 4.74 Å². The Balaban J connectivity index is 2.56. The van der Waals surface area contributed by atoms with Gasteiger partial charge in [-0.2, -0.15) is 0 Å². The van der Waals surface area contributed by atoms with Crippen molar-refractivity contribution in [2.45, 2.75) is 0 Å². The topological polar surface area (TPSA) is 72.3 Å². The van der Waals surface area contributed by atoms with E-state index in [2.05, 4.69) is 9.97 Å². The number of carbonyl (C=O) groups is 1. The quantitative estimate of drug-likeness (QED) is 0.561. The zero-order chi connectivity index (χ0) is 13.4. The maximum absolute atomic E-state index is 10.8. The fourth-order valence-corrected chi connectivity index (χ4v) is 2.11. The number of nitrogens with zero attached hydrogens (tertiary/aromatic N) is 2. The molecular formula is C14H10N2O3. The predicted octanol–water partition coefficient (Wildman–Crippen LogP) is 2.31. The van der Waals surface area contributed by atoms with Gasteiger partial charge in [0.25, 0.3) is 0 Å². The van der Waals surface area contributed by atoms with Crippen LogP contribution in [0.15, 0.2) is 30.5 Å². The second-order valence-electron chi connectivity index (χ2n) is 4.06. The Hall–Kier alpha value is -2.69. The van der Waals surface area contributed by atoms with E-state index >= 15 is 0 Å². The van der Waals surface area contributed by atoms with Crippen LogP contribution in [0, 0.1) is 0 Å². The molecule has 1 N–H and O–H groups in total. The van der Waals surface area contributed by atoms with E-state index in [1.54, 1.807) is 25.4 Å². The second-order valence-corrected chi connectivity index (χ2v) is 4.06. The number of rotatable bonds is 2. The Labute approximate surface area is 108 Å². The molecule has 2 aromatic heterocycles. The lowest BCUT2D eigenvalue weighted by molar-refractivity contribution is 0.111. The monoisotopic (exact) mass is 254 g/mol. The summed E-state index contributed by atoms with van der Waals surface area (Å²) in [6.07, 6.45) is 2.23. The zero-order valence-corrected chi connectivity index (χ0v) is 10.1. The molecule has 0 aliphatic heterocycles. The van der Waals surface area contributed by atoms with E-state index < -0.39 is 0 Å². The number of aldehydes is 1. The first-order valence-corrected chi connectivity index (χ1v) is 5.65. The van der Waals surface area contributed by atoms with Crippen LogP contribution >= 0.6 is 0 Å². The molecule has 0 bridgehead atoms. The molecule has 0 spiro atoms. The third kappa shape index (κ3) is 1.67. The van der Waals surface area contributed by atoms with Gasteiger partial charge in [-0.05, 0) is 18.2 Å². The summed E-state index contributed by atoms with van der Waals surface area (Å²) in [6, 6.07) is 6.66. The van der Waals surface area contributed by atoms with Gasteiger partial charge in [0.1, 0.15) is 28.2 Å². The summed E-state index contributed by atoms with van der Waals surface area (Å²) in [5, 5.41) is 11.3. The van der Waals surface area contributed by atoms with Crippen LogP contribution in [0.2, 0.25) is 0 Å². The van der Waals surface area contributed by atoms with E-state index in [1.807, 2.05) is 6.07 Å². The van der Waals surface area contributed by atoms with E-state index in [1.165, 1.54) is 6.07 Å². The minimum atomic E-state index is -0.0158. The van der Waals surface area contributed by atoms with Crippen molar-refractivity contribution < 1.29 is 14.6 Å². The van der Waals surface area contributed by atoms with Gasteiger partial charge in [-0.15, -0.1) is 0 Å². The summed E-state index contributed by atoms with van der Waals surface area (Å²) in [5.74, 6) is 0.588. The molecule has 3 aromatic rings. The maximum Gasteiger partial charge on any atom is 0.168 e. The summed E-state index contributed by atoms with van der Waals surface area (Å²) in [5.41, 5.74) is 1.25. The molecule has 5 nitrogen and oxygen atoms in total. The number of methoxy groups -OCH3 is 1. The summed E-state index contributed by atoms with van der Waals surface area (Å²) >= 11 is 0. The van der Waals surface area contributed by atoms with Crippen molar-refractivity contribution in [2.75, 3.05) is 7.11 Å². The molecule has 0 aliphatic carbocycles. The number of fused-ring (bicyclic) bond motifs is 3. The highest BCUT2D eigenvalue weighted by molar-refractivity contribution is 6.08. The average molecular weight is 254 g/mol. The van der Waals surface area contributed by atoms with Gasteiger partial charge in [0, 0.05) is 23.0 Å². The Morgan fingerprint density at radius 1 is 1.26 bits per heavy atom. The molecule has 3 rings (SSSR count). The van der Waals surface area contributed by atoms with Gasteiger partial charge in [-0.25, -0.2) is 4.98 Å². The van der Waals surface area contributed by atoms with Gasteiger partial charge in [0.05, 0.1) is 7.11 Å². The molecule has 0 saturated heterocycles. The van der Waals surface area contributed by atoms with E-state index in [9.17, 15) is 9.90 Å². The van der Waals surface area contributed by atoms with Gasteiger partial charge < -0.3 is 9.84 Å². The third-order valence-electron chi connectivity index (χ3n) is 2.97. The summed E-state index contributed by atoms with van der Waals surface area (Å²) in [4.78, 5) is 19.3. The summed E-state index contributed by atoms with van der Waals surface area (Å²) < 4.78 is 5.30. The van der Waals surface area contributed by atoms with E-state index in [-0.39, 0.29) is 11.4 Å². The largest absolute Gasteiger partial charge is 0.507 e. The van der Waals surface area contributed by atoms with Crippen LogP contribution in [0.3, 0.4) is 0 Å². The Morgan fingerprint density at radius 2 is 2.11 bits per heavy atom. The molecule has 0 fully saturated rings. The lowest BCUT2D eigenvalue weighted by atomic mass is 10.1. The fourth-order valence-electron chi connectivity index (χ4n) is 2.11. The second kappa shape index (κ2) is 4.20. The highest BCUT2D eigenvalue weighted by Gasteiger charge is 2.13. The lowest BCUT2D eigenvalue weighted by Crippen LogP contribution is -1.93. The third-order valence-corrected chi connectivity index (χ3v) is 2.97. The van der Waals surface area contributed by atoms with Gasteiger partial charge in [0.15, 0.2) is 6.29 Å². The predicted molar refractivity (Wildman–Crippen MR) is 70.6 cm³/mol. The molecule has 5 heteroatoms. The van der Waals surface area contributed by atoms with Crippen molar-refractivity contribution in [2.24, 2.45) is 0 Å². The number of hydrogen-bond donors (Lipinski definition) is 1. The molecule has 0 amide bonds. The van der Waals surface area contributed by atoms with Crippen LogP contribution in [0.4, 0.5) is 0 Å². The van der Waals surface area contributed by atoms with Crippen LogP contribution < -0.4 is 4.74 Å². The molecule has 0 unspecified atom stereocenters. The SMILES string of the molecule is COc1cc2c(O)cc(C=O)nc2c2ncccc12. The average Bonchev–Trinajstić information content (AvgIpc) is 2.46. The van der Waals surface area contributed by atoms with Crippen molar-refractivity contribution in [1.82, 2.24) is 9.97 Å². The van der Waals surface area contributed by atoms with E-state index in [0.29, 0.717) is 28.5 Å². The normalized spacial score (nSPS) is 10.8. The van der Waals surface area contributed by atoms with Crippen molar-refractivity contribution in [1.29, 1.82) is 0 Å². The zero-order valence-electron chi connectivity index (χ0n) is 10.1. The van der Waals surface area contributed by atoms with Crippen LogP contribution in [0.1, 0.15) is 10.5 Å². The highest BCUT2D eigenvalue weighted by atomic mass is 16.5. The highest BCUT2D eigenvalue weighted by Crippen LogP contribution is 2.35. The number of benzene rings is 1. The van der Waals surface area contributed by atoms with Gasteiger partial charge in [0.2, 0.25) is 0 Å². The molecule has 0 atom stereocenters. The summed E-state index contributed by atoms with van der Waals surface area (Å²) in [7, 11) is 1.55. The number of hydrogen-bond acceptors (Lipinski definition) is 5. The minimum absolute atomic E-state index is 0.0158. The number of ether oxygens (including phenoxy) is 1. The summed E-state index contributed by atoms with van der Waals surface area (Å²) in [6.45, 7) is 0. The Kier molecular flexibility index (Phi) is 2.52. The molecule has 2 heterocycles. The Morgan fingerprint density at radius 3 is 2.84 bits per heavy atom. The maximum atomic E-state index is 10.8. The molecule has 94 valence electrons. The first-order chi connectivity index (χ1) is 9.24. The molecule has 0 saturated carbocycles. The van der Waals surface area contributed by atoms with Crippen molar-refractivity contribution >= 4 is 28.1 Å². The van der Waals surface area contributed by atoms with Gasteiger partial charge >= 0.3 is 0 Å². The Bertz CT molecular complexity index is 799. The minimum Gasteiger partial charge on any atom is -0.507 e. The van der Waals surface area contributed by atoms with Crippen LogP contribution in [0.25, 0.3) is 21.8 Å². The fraction of sp³-hybridized carbons (Fsp3) is 0.0714. The van der Waals surface area contributed by atoms with Crippen LogP contribution in [0.5, 0.6) is 11.5 Å². The number of aromatic nitrogens is 2. The van der Waals surface area contributed by atoms with Crippen molar-refractivity contribution in [3.63, 3.8) is 0 Å². The van der Waals surface area contributed by atoms with Crippen molar-refractivity contribution in [3.8, 4) is 11.5 Å². The first-order valence-electron chi connectivity index (χ1n) is 5.65. The molecule has 0 aliphatic rings. The standard InChI is InChI=1S/C14H10N2O3/c1-19-12-6-10-11(18)5-8(7-17)16-14(10)13-9(12)3-2-4-15-13/h2-7H,1H3,(H,16,18). The number of pyridine rings is 2. The molecule has 19 heavy (non-hydrogen) atoms. The smallest absolute Gasteiger partial charge is 0.168 e. The van der Waals surface area contributed by atoms with E-state index in [0.717, 1.165) is 5.39 Å². The van der Waals surface area contributed by atoms with Crippen LogP contribution in [-0.4, -0.2) is 28.5 Å². The molecule has 0 radical (unpaired) electrons.